The average Bonchev–Trinajstić information content (AvgIpc) is 3.01. The average molecular weight is 378 g/mol. The molecule has 6 nitrogen and oxygen atoms in total. The van der Waals surface area contributed by atoms with Gasteiger partial charge < -0.3 is 19.9 Å². The Balaban J connectivity index is 1.72. The van der Waals surface area contributed by atoms with Crippen LogP contribution >= 0.6 is 0 Å². The van der Waals surface area contributed by atoms with Crippen molar-refractivity contribution in [1.82, 2.24) is 9.30 Å². The number of fused-ring (bicyclic) bond motifs is 1. The third kappa shape index (κ3) is 4.78. The van der Waals surface area contributed by atoms with Crippen LogP contribution in [0.1, 0.15) is 27.9 Å². The van der Waals surface area contributed by atoms with Gasteiger partial charge >= 0.3 is 0 Å². The summed E-state index contributed by atoms with van der Waals surface area (Å²) in [5.74, 6) is -0.240. The molecular formula is C22H26N4O2. The summed E-state index contributed by atoms with van der Waals surface area (Å²) >= 11 is 0. The molecule has 0 atom stereocenters. The monoisotopic (exact) mass is 378 g/mol. The summed E-state index contributed by atoms with van der Waals surface area (Å²) in [7, 11) is 3.86. The summed E-state index contributed by atoms with van der Waals surface area (Å²) < 4.78 is 1.94. The maximum Gasteiger partial charge on any atom is 0.257 e. The van der Waals surface area contributed by atoms with Crippen LogP contribution in [0.3, 0.4) is 0 Å². The SMILES string of the molecule is Cc1cc2ccc(C(=O)Nc3ccc(C)c(NC(=O)CCN(C)C)c3)cn2c1. The zero-order valence-corrected chi connectivity index (χ0v) is 16.7. The van der Waals surface area contributed by atoms with Crippen LogP contribution in [0.5, 0.6) is 0 Å². The molecule has 0 unspecified atom stereocenters. The molecular weight excluding hydrogens is 352 g/mol. The van der Waals surface area contributed by atoms with E-state index in [0.29, 0.717) is 29.9 Å². The van der Waals surface area contributed by atoms with Crippen LogP contribution in [-0.4, -0.2) is 41.8 Å². The Morgan fingerprint density at radius 2 is 1.79 bits per heavy atom. The van der Waals surface area contributed by atoms with Crippen molar-refractivity contribution in [2.24, 2.45) is 0 Å². The van der Waals surface area contributed by atoms with Gasteiger partial charge in [-0.25, -0.2) is 0 Å². The molecule has 0 fully saturated rings. The van der Waals surface area contributed by atoms with Gasteiger partial charge in [0.15, 0.2) is 0 Å². The van der Waals surface area contributed by atoms with Crippen molar-refractivity contribution in [3.05, 3.63) is 65.5 Å². The van der Waals surface area contributed by atoms with E-state index in [-0.39, 0.29) is 11.8 Å². The number of nitrogens with one attached hydrogen (secondary N) is 2. The molecule has 0 spiro atoms. The summed E-state index contributed by atoms with van der Waals surface area (Å²) in [5, 5.41) is 5.83. The lowest BCUT2D eigenvalue weighted by atomic mass is 10.1. The lowest BCUT2D eigenvalue weighted by Gasteiger charge is -2.13. The summed E-state index contributed by atoms with van der Waals surface area (Å²) in [5.41, 5.74) is 5.05. The summed E-state index contributed by atoms with van der Waals surface area (Å²) in [6, 6.07) is 11.3. The number of hydrogen-bond donors (Lipinski definition) is 2. The predicted octanol–water partition coefficient (Wildman–Crippen LogP) is 3.70. The van der Waals surface area contributed by atoms with E-state index < -0.39 is 0 Å². The number of nitrogens with zero attached hydrogens (tertiary/aromatic N) is 2. The van der Waals surface area contributed by atoms with Crippen LogP contribution in [0, 0.1) is 13.8 Å². The van der Waals surface area contributed by atoms with E-state index >= 15 is 0 Å². The van der Waals surface area contributed by atoms with E-state index in [1.165, 1.54) is 0 Å². The Hall–Kier alpha value is -3.12. The topological polar surface area (TPSA) is 65.9 Å². The molecule has 0 saturated carbocycles. The fourth-order valence-corrected chi connectivity index (χ4v) is 2.96. The van der Waals surface area contributed by atoms with Crippen molar-refractivity contribution >= 4 is 28.7 Å². The highest BCUT2D eigenvalue weighted by Gasteiger charge is 2.10. The van der Waals surface area contributed by atoms with Gasteiger partial charge in [-0.05, 0) is 69.4 Å². The minimum absolute atomic E-state index is 0.0475. The van der Waals surface area contributed by atoms with Crippen molar-refractivity contribution in [2.75, 3.05) is 31.3 Å². The fraction of sp³-hybridized carbons (Fsp3) is 0.273. The number of aromatic nitrogens is 1. The molecule has 28 heavy (non-hydrogen) atoms. The van der Waals surface area contributed by atoms with E-state index in [2.05, 4.69) is 16.7 Å². The van der Waals surface area contributed by atoms with Crippen LogP contribution in [-0.2, 0) is 4.79 Å². The van der Waals surface area contributed by atoms with Gasteiger partial charge in [0.25, 0.3) is 5.91 Å². The van der Waals surface area contributed by atoms with E-state index in [9.17, 15) is 9.59 Å². The molecule has 2 aromatic heterocycles. The maximum atomic E-state index is 12.6. The number of benzene rings is 1. The van der Waals surface area contributed by atoms with Gasteiger partial charge in [0.05, 0.1) is 5.56 Å². The van der Waals surface area contributed by atoms with Crippen LogP contribution in [0.15, 0.2) is 48.8 Å². The number of aryl methyl sites for hydroxylation is 2. The first-order valence-corrected chi connectivity index (χ1v) is 9.27. The molecule has 0 aliphatic carbocycles. The van der Waals surface area contributed by atoms with Crippen LogP contribution < -0.4 is 10.6 Å². The van der Waals surface area contributed by atoms with Gasteiger partial charge in [-0.3, -0.25) is 9.59 Å². The fourth-order valence-electron chi connectivity index (χ4n) is 2.96. The van der Waals surface area contributed by atoms with Gasteiger partial charge in [0.2, 0.25) is 5.91 Å². The second kappa shape index (κ2) is 8.27. The predicted molar refractivity (Wildman–Crippen MR) is 113 cm³/mol. The lowest BCUT2D eigenvalue weighted by molar-refractivity contribution is -0.116. The first-order valence-electron chi connectivity index (χ1n) is 9.27. The number of rotatable bonds is 6. The molecule has 2 N–H and O–H groups in total. The lowest BCUT2D eigenvalue weighted by Crippen LogP contribution is -2.21. The minimum Gasteiger partial charge on any atom is -0.326 e. The first kappa shape index (κ1) is 19.6. The molecule has 6 heteroatoms. The maximum absolute atomic E-state index is 12.6. The Morgan fingerprint density at radius 3 is 2.54 bits per heavy atom. The third-order valence-electron chi connectivity index (χ3n) is 4.55. The molecule has 0 saturated heterocycles. The van der Waals surface area contributed by atoms with Crippen molar-refractivity contribution in [3.8, 4) is 0 Å². The van der Waals surface area contributed by atoms with E-state index in [1.807, 2.05) is 73.9 Å². The number of amides is 2. The molecule has 0 aliphatic heterocycles. The number of hydrogen-bond acceptors (Lipinski definition) is 3. The number of anilines is 2. The molecule has 0 bridgehead atoms. The molecule has 2 heterocycles. The molecule has 0 radical (unpaired) electrons. The zero-order valence-electron chi connectivity index (χ0n) is 16.7. The van der Waals surface area contributed by atoms with Crippen molar-refractivity contribution < 1.29 is 9.59 Å². The highest BCUT2D eigenvalue weighted by atomic mass is 16.2. The third-order valence-corrected chi connectivity index (χ3v) is 4.55. The number of carbonyl (C=O) groups excluding carboxylic acids is 2. The normalized spacial score (nSPS) is 11.0. The highest BCUT2D eigenvalue weighted by Crippen LogP contribution is 2.21. The second-order valence-corrected chi connectivity index (χ2v) is 7.35. The van der Waals surface area contributed by atoms with Crippen LogP contribution in [0.25, 0.3) is 5.52 Å². The second-order valence-electron chi connectivity index (χ2n) is 7.35. The van der Waals surface area contributed by atoms with Crippen LogP contribution in [0.2, 0.25) is 0 Å². The molecule has 2 amide bonds. The molecule has 3 rings (SSSR count). The quantitative estimate of drug-likeness (QED) is 0.687. The van der Waals surface area contributed by atoms with Gasteiger partial charge in [-0.2, -0.15) is 0 Å². The largest absolute Gasteiger partial charge is 0.326 e. The Bertz CT molecular complexity index is 1020. The summed E-state index contributed by atoms with van der Waals surface area (Å²) in [4.78, 5) is 26.7. The minimum atomic E-state index is -0.193. The van der Waals surface area contributed by atoms with Gasteiger partial charge in [-0.15, -0.1) is 0 Å². The Morgan fingerprint density at radius 1 is 1.00 bits per heavy atom. The first-order chi connectivity index (χ1) is 13.3. The smallest absolute Gasteiger partial charge is 0.257 e. The van der Waals surface area contributed by atoms with Crippen molar-refractivity contribution in [1.29, 1.82) is 0 Å². The van der Waals surface area contributed by atoms with Crippen molar-refractivity contribution in [3.63, 3.8) is 0 Å². The van der Waals surface area contributed by atoms with Gasteiger partial charge in [0, 0.05) is 42.3 Å². The van der Waals surface area contributed by atoms with E-state index in [1.54, 1.807) is 6.07 Å². The summed E-state index contributed by atoms with van der Waals surface area (Å²) in [6.45, 7) is 4.63. The Kier molecular flexibility index (Phi) is 5.80. The Labute approximate surface area is 165 Å². The van der Waals surface area contributed by atoms with Gasteiger partial charge in [0.1, 0.15) is 0 Å². The van der Waals surface area contributed by atoms with E-state index in [4.69, 9.17) is 0 Å². The summed E-state index contributed by atoms with van der Waals surface area (Å²) in [6.07, 6.45) is 4.22. The zero-order chi connectivity index (χ0) is 20.3. The van der Waals surface area contributed by atoms with Gasteiger partial charge in [-0.1, -0.05) is 6.07 Å². The molecule has 3 aromatic rings. The molecule has 0 aliphatic rings. The van der Waals surface area contributed by atoms with Crippen molar-refractivity contribution in [2.45, 2.75) is 20.3 Å². The van der Waals surface area contributed by atoms with E-state index in [0.717, 1.165) is 16.6 Å². The molecule has 1 aromatic carbocycles. The standard InChI is InChI=1S/C22H26N4O2/c1-15-11-19-8-6-17(14-26(19)13-15)22(28)23-18-7-5-16(2)20(12-18)24-21(27)9-10-25(3)4/h5-8,11-14H,9-10H2,1-4H3,(H,23,28)(H,24,27). The number of carbonyl (C=O) groups is 2. The highest BCUT2D eigenvalue weighted by molar-refractivity contribution is 6.04. The number of pyridine rings is 1. The molecule has 146 valence electrons. The van der Waals surface area contributed by atoms with Crippen LogP contribution in [0.4, 0.5) is 11.4 Å².